The monoisotopic (exact) mass is 285 g/mol. The zero-order chi connectivity index (χ0) is 13.6. The smallest absolute Gasteiger partial charge is 0.329 e. The third kappa shape index (κ3) is 2.48. The van der Waals surface area contributed by atoms with Crippen molar-refractivity contribution in [2.75, 3.05) is 11.5 Å². The van der Waals surface area contributed by atoms with E-state index < -0.39 is 39.0 Å². The molecular formula is C8H10F3N3O3S. The molecule has 0 aromatic carbocycles. The maximum Gasteiger partial charge on any atom is 0.471 e. The highest BCUT2D eigenvalue weighted by molar-refractivity contribution is 7.91. The van der Waals surface area contributed by atoms with E-state index in [0.717, 1.165) is 0 Å². The van der Waals surface area contributed by atoms with E-state index in [-0.39, 0.29) is 18.6 Å². The highest BCUT2D eigenvalue weighted by Crippen LogP contribution is 2.32. The summed E-state index contributed by atoms with van der Waals surface area (Å²) in [6, 6.07) is 0. The third-order valence-corrected chi connectivity index (χ3v) is 4.54. The molecule has 18 heavy (non-hydrogen) atoms. The van der Waals surface area contributed by atoms with E-state index in [1.807, 2.05) is 0 Å². The van der Waals surface area contributed by atoms with Crippen LogP contribution in [-0.4, -0.2) is 30.1 Å². The summed E-state index contributed by atoms with van der Waals surface area (Å²) in [7, 11) is -3.39. The van der Waals surface area contributed by atoms with Crippen molar-refractivity contribution in [3.8, 4) is 0 Å². The molecule has 1 fully saturated rings. The number of nitrogens with zero attached hydrogens (tertiary/aromatic N) is 2. The number of hydrogen-bond donors (Lipinski definition) is 1. The van der Waals surface area contributed by atoms with Gasteiger partial charge in [0.25, 0.3) is 0 Å². The van der Waals surface area contributed by atoms with Crippen molar-refractivity contribution >= 4 is 9.84 Å². The highest BCUT2D eigenvalue weighted by Gasteiger charge is 2.44. The minimum atomic E-state index is -4.77. The molecule has 0 saturated carbocycles. The van der Waals surface area contributed by atoms with Crippen LogP contribution in [-0.2, 0) is 21.6 Å². The lowest BCUT2D eigenvalue weighted by Crippen LogP contribution is -2.48. The van der Waals surface area contributed by atoms with Crippen molar-refractivity contribution in [2.45, 2.75) is 24.6 Å². The number of alkyl halides is 3. The van der Waals surface area contributed by atoms with Gasteiger partial charge in [-0.15, -0.1) is 0 Å². The van der Waals surface area contributed by atoms with Crippen LogP contribution in [0.3, 0.4) is 0 Å². The Morgan fingerprint density at radius 3 is 2.56 bits per heavy atom. The Bertz CT molecular complexity index is 553. The number of hydrogen-bond acceptors (Lipinski definition) is 6. The maximum absolute atomic E-state index is 12.3. The Morgan fingerprint density at radius 2 is 2.06 bits per heavy atom. The number of aromatic nitrogens is 2. The van der Waals surface area contributed by atoms with Gasteiger partial charge in [-0.25, -0.2) is 8.42 Å². The van der Waals surface area contributed by atoms with Gasteiger partial charge < -0.3 is 10.3 Å². The van der Waals surface area contributed by atoms with Crippen molar-refractivity contribution in [1.82, 2.24) is 10.1 Å². The van der Waals surface area contributed by atoms with Crippen molar-refractivity contribution in [3.63, 3.8) is 0 Å². The second-order valence-electron chi connectivity index (χ2n) is 4.27. The van der Waals surface area contributed by atoms with Crippen LogP contribution in [0, 0.1) is 0 Å². The second-order valence-corrected chi connectivity index (χ2v) is 6.46. The summed E-state index contributed by atoms with van der Waals surface area (Å²) < 4.78 is 63.8. The molecule has 2 rings (SSSR count). The fraction of sp³-hybridized carbons (Fsp3) is 0.750. The van der Waals surface area contributed by atoms with Gasteiger partial charge in [-0.05, 0) is 12.8 Å². The van der Waals surface area contributed by atoms with Gasteiger partial charge in [0.15, 0.2) is 15.7 Å². The van der Waals surface area contributed by atoms with E-state index in [1.54, 1.807) is 0 Å². The van der Waals surface area contributed by atoms with E-state index >= 15 is 0 Å². The Kier molecular flexibility index (Phi) is 2.89. The fourth-order valence-electron chi connectivity index (χ4n) is 1.86. The van der Waals surface area contributed by atoms with Gasteiger partial charge in [0, 0.05) is 0 Å². The molecule has 1 aliphatic rings. The summed E-state index contributed by atoms with van der Waals surface area (Å²) in [6.07, 6.45) is -4.31. The molecular weight excluding hydrogens is 275 g/mol. The molecule has 1 aliphatic heterocycles. The van der Waals surface area contributed by atoms with Gasteiger partial charge in [0.05, 0.1) is 17.0 Å². The SMILES string of the molecule is NC1(c2noc(C(F)(F)F)n2)CCCS(=O)(=O)C1. The van der Waals surface area contributed by atoms with Crippen LogP contribution in [0.5, 0.6) is 0 Å². The number of rotatable bonds is 1. The molecule has 10 heteroatoms. The van der Waals surface area contributed by atoms with E-state index in [1.165, 1.54) is 0 Å². The fourth-order valence-corrected chi connectivity index (χ4v) is 3.65. The van der Waals surface area contributed by atoms with Gasteiger partial charge in [-0.2, -0.15) is 18.2 Å². The Balaban J connectivity index is 2.33. The minimum absolute atomic E-state index is 0.0318. The molecule has 0 amide bonds. The molecule has 1 aromatic rings. The highest BCUT2D eigenvalue weighted by atomic mass is 32.2. The van der Waals surface area contributed by atoms with Crippen LogP contribution < -0.4 is 5.73 Å². The Hall–Kier alpha value is -1.16. The van der Waals surface area contributed by atoms with Crippen LogP contribution in [0.25, 0.3) is 0 Å². The first-order chi connectivity index (χ1) is 8.12. The molecule has 2 N–H and O–H groups in total. The van der Waals surface area contributed by atoms with E-state index in [0.29, 0.717) is 0 Å². The predicted molar refractivity (Wildman–Crippen MR) is 53.1 cm³/mol. The molecule has 1 saturated heterocycles. The molecule has 6 nitrogen and oxygen atoms in total. The molecule has 0 spiro atoms. The predicted octanol–water partition coefficient (Wildman–Crippen LogP) is 0.451. The normalized spacial score (nSPS) is 28.2. The van der Waals surface area contributed by atoms with E-state index in [2.05, 4.69) is 14.7 Å². The molecule has 0 bridgehead atoms. The lowest BCUT2D eigenvalue weighted by atomic mass is 9.96. The van der Waals surface area contributed by atoms with Crippen molar-refractivity contribution in [1.29, 1.82) is 0 Å². The molecule has 0 aliphatic carbocycles. The average molecular weight is 285 g/mol. The summed E-state index contributed by atoms with van der Waals surface area (Å²) in [5.41, 5.74) is 4.27. The van der Waals surface area contributed by atoms with Gasteiger partial charge in [-0.3, -0.25) is 0 Å². The standard InChI is InChI=1S/C8H10F3N3O3S/c9-8(10,11)6-13-5(14-17-6)7(12)2-1-3-18(15,16)4-7/h1-4,12H2. The second kappa shape index (κ2) is 3.92. The molecule has 1 unspecified atom stereocenters. The number of sulfone groups is 1. The van der Waals surface area contributed by atoms with Crippen LogP contribution in [0.15, 0.2) is 4.52 Å². The van der Waals surface area contributed by atoms with E-state index in [4.69, 9.17) is 5.73 Å². The zero-order valence-electron chi connectivity index (χ0n) is 9.07. The topological polar surface area (TPSA) is 99.1 Å². The number of nitrogens with two attached hydrogens (primary N) is 1. The summed E-state index contributed by atoms with van der Waals surface area (Å²) in [6.45, 7) is 0. The average Bonchev–Trinajstić information content (AvgIpc) is 2.63. The van der Waals surface area contributed by atoms with Crippen molar-refractivity contribution in [3.05, 3.63) is 11.7 Å². The lowest BCUT2D eigenvalue weighted by Gasteiger charge is -2.29. The molecule has 2 heterocycles. The first-order valence-electron chi connectivity index (χ1n) is 5.03. The summed E-state index contributed by atoms with van der Waals surface area (Å²) in [5.74, 6) is -2.45. The van der Waals surface area contributed by atoms with Gasteiger partial charge in [0.1, 0.15) is 0 Å². The summed E-state index contributed by atoms with van der Waals surface area (Å²) >= 11 is 0. The largest absolute Gasteiger partial charge is 0.471 e. The van der Waals surface area contributed by atoms with Gasteiger partial charge in [0.2, 0.25) is 0 Å². The molecule has 102 valence electrons. The molecule has 1 aromatic heterocycles. The maximum atomic E-state index is 12.3. The lowest BCUT2D eigenvalue weighted by molar-refractivity contribution is -0.159. The number of halogens is 3. The first kappa shape index (κ1) is 13.3. The Morgan fingerprint density at radius 1 is 1.39 bits per heavy atom. The van der Waals surface area contributed by atoms with Gasteiger partial charge in [-0.1, -0.05) is 5.16 Å². The van der Waals surface area contributed by atoms with Crippen LogP contribution in [0.2, 0.25) is 0 Å². The van der Waals surface area contributed by atoms with Crippen LogP contribution in [0.1, 0.15) is 24.6 Å². The summed E-state index contributed by atoms with van der Waals surface area (Å²) in [5, 5.41) is 3.15. The van der Waals surface area contributed by atoms with Crippen LogP contribution in [0.4, 0.5) is 13.2 Å². The van der Waals surface area contributed by atoms with Crippen molar-refractivity contribution < 1.29 is 26.1 Å². The van der Waals surface area contributed by atoms with E-state index in [9.17, 15) is 21.6 Å². The van der Waals surface area contributed by atoms with Crippen LogP contribution >= 0.6 is 0 Å². The third-order valence-electron chi connectivity index (χ3n) is 2.67. The molecule has 0 radical (unpaired) electrons. The Labute approximate surface area is 100 Å². The van der Waals surface area contributed by atoms with Gasteiger partial charge >= 0.3 is 12.1 Å². The van der Waals surface area contributed by atoms with Crippen molar-refractivity contribution in [2.24, 2.45) is 5.73 Å². The first-order valence-corrected chi connectivity index (χ1v) is 6.85. The molecule has 1 atom stereocenters. The zero-order valence-corrected chi connectivity index (χ0v) is 9.88. The quantitative estimate of drug-likeness (QED) is 0.804. The summed E-state index contributed by atoms with van der Waals surface area (Å²) in [4.78, 5) is 3.15. The minimum Gasteiger partial charge on any atom is -0.329 e.